The predicted molar refractivity (Wildman–Crippen MR) is 98.6 cm³/mol. The van der Waals surface area contributed by atoms with Gasteiger partial charge in [0.25, 0.3) is 0 Å². The summed E-state index contributed by atoms with van der Waals surface area (Å²) in [6.45, 7) is 8.28. The van der Waals surface area contributed by atoms with Gasteiger partial charge in [-0.2, -0.15) is 5.10 Å². The molecule has 0 saturated carbocycles. The number of benzene rings is 1. The fourth-order valence-electron chi connectivity index (χ4n) is 3.35. The molecule has 2 atom stereocenters. The Labute approximate surface area is 155 Å². The summed E-state index contributed by atoms with van der Waals surface area (Å²) in [5.41, 5.74) is 2.87. The molecule has 0 fully saturated rings. The van der Waals surface area contributed by atoms with Crippen molar-refractivity contribution in [1.82, 2.24) is 9.78 Å². The number of carbonyl (C=O) groups excluding carboxylic acids is 1. The third-order valence-corrected chi connectivity index (χ3v) is 5.93. The number of hydrogen-bond acceptors (Lipinski definition) is 5. The van der Waals surface area contributed by atoms with E-state index in [-0.39, 0.29) is 11.1 Å². The van der Waals surface area contributed by atoms with Crippen LogP contribution in [0.2, 0.25) is 0 Å². The van der Waals surface area contributed by atoms with Gasteiger partial charge in [-0.1, -0.05) is 0 Å². The van der Waals surface area contributed by atoms with E-state index in [0.717, 1.165) is 5.56 Å². The molecule has 0 radical (unpaired) electrons. The van der Waals surface area contributed by atoms with Gasteiger partial charge in [-0.3, -0.25) is 0 Å². The Bertz CT molecular complexity index is 903. The minimum absolute atomic E-state index is 0.00843. The molecule has 138 valence electrons. The maximum atomic E-state index is 14.9. The van der Waals surface area contributed by atoms with Gasteiger partial charge in [-0.05, 0) is 44.9 Å². The molecule has 2 heterocycles. The zero-order valence-electron chi connectivity index (χ0n) is 15.2. The third-order valence-electron chi connectivity index (χ3n) is 4.67. The lowest BCUT2D eigenvalue weighted by atomic mass is 9.90. The number of hydrogen-bond donors (Lipinski definition) is 1. The molecular weight excluding hydrogens is 355 g/mol. The van der Waals surface area contributed by atoms with Gasteiger partial charge in [0, 0.05) is 24.0 Å². The summed E-state index contributed by atoms with van der Waals surface area (Å²) in [5, 5.41) is 14.3. The first-order valence-corrected chi connectivity index (χ1v) is 9.43. The van der Waals surface area contributed by atoms with Crippen LogP contribution >= 0.6 is 11.8 Å². The molecule has 0 bridgehead atoms. The average Bonchev–Trinajstić information content (AvgIpc) is 2.98. The first-order valence-electron chi connectivity index (χ1n) is 8.55. The van der Waals surface area contributed by atoms with Crippen molar-refractivity contribution in [1.29, 1.82) is 0 Å². The van der Waals surface area contributed by atoms with Crippen molar-refractivity contribution in [3.63, 3.8) is 0 Å². The highest BCUT2D eigenvalue weighted by atomic mass is 32.2. The predicted octanol–water partition coefficient (Wildman–Crippen LogP) is 4.05. The van der Waals surface area contributed by atoms with Crippen molar-refractivity contribution in [2.45, 2.75) is 50.5 Å². The van der Waals surface area contributed by atoms with Gasteiger partial charge in [0.05, 0.1) is 22.2 Å². The monoisotopic (exact) mass is 376 g/mol. The highest BCUT2D eigenvalue weighted by Crippen LogP contribution is 2.49. The van der Waals surface area contributed by atoms with E-state index in [1.807, 2.05) is 33.6 Å². The number of ether oxygens (including phenoxy) is 1. The molecule has 2 aromatic rings. The molecule has 0 amide bonds. The first-order chi connectivity index (χ1) is 12.4. The average molecular weight is 376 g/mol. The number of rotatable bonds is 4. The largest absolute Gasteiger partial charge is 0.493 e. The molecular formula is C19H21FN2O3S. The van der Waals surface area contributed by atoms with E-state index >= 15 is 0 Å². The second-order valence-corrected chi connectivity index (χ2v) is 7.48. The maximum Gasteiger partial charge on any atom is 0.217 e. The Morgan fingerprint density at radius 2 is 2.15 bits per heavy atom. The molecule has 0 aliphatic carbocycles. The molecule has 26 heavy (non-hydrogen) atoms. The lowest BCUT2D eigenvalue weighted by molar-refractivity contribution is 0.0841. The second kappa shape index (κ2) is 7.27. The molecule has 2 unspecified atom stereocenters. The van der Waals surface area contributed by atoms with Crippen LogP contribution < -0.4 is 0 Å². The molecule has 1 aromatic heterocycles. The van der Waals surface area contributed by atoms with Crippen molar-refractivity contribution < 1.29 is 19.0 Å². The normalized spacial score (nSPS) is 19.3. The smallest absolute Gasteiger partial charge is 0.217 e. The van der Waals surface area contributed by atoms with Crippen LogP contribution in [-0.2, 0) is 16.1 Å². The topological polar surface area (TPSA) is 64.3 Å². The van der Waals surface area contributed by atoms with E-state index in [1.54, 1.807) is 0 Å². The fourth-order valence-corrected chi connectivity index (χ4v) is 4.56. The van der Waals surface area contributed by atoms with E-state index < -0.39 is 11.9 Å². The highest BCUT2D eigenvalue weighted by molar-refractivity contribution is 8.00. The summed E-state index contributed by atoms with van der Waals surface area (Å²) >= 11 is 1.29. The number of fused-ring (bicyclic) bond motifs is 1. The Hall–Kier alpha value is -2.08. The Balaban J connectivity index is 2.27. The zero-order valence-corrected chi connectivity index (χ0v) is 16.0. The van der Waals surface area contributed by atoms with Crippen molar-refractivity contribution >= 4 is 17.7 Å². The minimum Gasteiger partial charge on any atom is -0.493 e. The Kier molecular flexibility index (Phi) is 5.23. The molecule has 3 rings (SSSR count). The van der Waals surface area contributed by atoms with E-state index in [4.69, 9.17) is 4.74 Å². The van der Waals surface area contributed by atoms with Crippen LogP contribution in [0.4, 0.5) is 4.39 Å². The van der Waals surface area contributed by atoms with Crippen LogP contribution in [0.3, 0.4) is 0 Å². The summed E-state index contributed by atoms with van der Waals surface area (Å²) in [4.78, 5) is 12.0. The number of aromatic hydroxyl groups is 1. The Morgan fingerprint density at radius 1 is 1.42 bits per heavy atom. The molecule has 1 N–H and O–H groups in total. The van der Waals surface area contributed by atoms with Crippen LogP contribution in [0, 0.1) is 12.7 Å². The minimum atomic E-state index is -0.637. The molecule has 7 heteroatoms. The summed E-state index contributed by atoms with van der Waals surface area (Å²) in [7, 11) is 0. The van der Waals surface area contributed by atoms with Gasteiger partial charge in [0.2, 0.25) is 5.88 Å². The van der Waals surface area contributed by atoms with Crippen LogP contribution in [0.1, 0.15) is 38.0 Å². The van der Waals surface area contributed by atoms with Crippen LogP contribution in [0.25, 0.3) is 11.1 Å². The molecule has 1 aliphatic heterocycles. The standard InChI is InChI=1S/C19H21FN2O3S/c1-5-22-19(24)13(8-21-22)12-7-15(20)18-16(10(12)3)17(25-6-2)14(9-23)11(4)26-18/h7-8,11,17,24H,5-6H2,1-4H3. The van der Waals surface area contributed by atoms with E-state index in [9.17, 15) is 14.3 Å². The molecule has 1 aliphatic rings. The van der Waals surface area contributed by atoms with Gasteiger partial charge in [-0.25, -0.2) is 13.9 Å². The van der Waals surface area contributed by atoms with Crippen molar-refractivity contribution in [2.75, 3.05) is 6.61 Å². The van der Waals surface area contributed by atoms with Gasteiger partial charge < -0.3 is 9.84 Å². The van der Waals surface area contributed by atoms with E-state index in [0.29, 0.717) is 40.3 Å². The summed E-state index contributed by atoms with van der Waals surface area (Å²) < 4.78 is 22.2. The van der Waals surface area contributed by atoms with Gasteiger partial charge in [0.15, 0.2) is 0 Å². The second-order valence-electron chi connectivity index (χ2n) is 6.12. The fraction of sp³-hybridized carbons (Fsp3) is 0.421. The first kappa shape index (κ1) is 18.7. The number of aryl methyl sites for hydroxylation is 1. The van der Waals surface area contributed by atoms with Crippen molar-refractivity contribution in [3.8, 4) is 17.0 Å². The van der Waals surface area contributed by atoms with E-state index in [1.165, 1.54) is 28.7 Å². The van der Waals surface area contributed by atoms with Gasteiger partial charge >= 0.3 is 0 Å². The van der Waals surface area contributed by atoms with Crippen molar-refractivity contribution in [3.05, 3.63) is 34.8 Å². The number of aromatic nitrogens is 2. The maximum absolute atomic E-state index is 14.9. The van der Waals surface area contributed by atoms with E-state index in [2.05, 4.69) is 5.10 Å². The third kappa shape index (κ3) is 2.86. The highest BCUT2D eigenvalue weighted by Gasteiger charge is 2.36. The van der Waals surface area contributed by atoms with Crippen LogP contribution in [-0.4, -0.2) is 32.7 Å². The lowest BCUT2D eigenvalue weighted by Gasteiger charge is -2.32. The molecule has 5 nitrogen and oxygen atoms in total. The quantitative estimate of drug-likeness (QED) is 0.816. The van der Waals surface area contributed by atoms with Gasteiger partial charge in [-0.15, -0.1) is 11.8 Å². The summed E-state index contributed by atoms with van der Waals surface area (Å²) in [5.74, 6) is 1.59. The number of thioether (sulfide) groups is 1. The van der Waals surface area contributed by atoms with Crippen LogP contribution in [0.15, 0.2) is 22.7 Å². The van der Waals surface area contributed by atoms with Gasteiger partial charge in [0.1, 0.15) is 17.9 Å². The SMILES string of the molecule is CCOC1C(=C=O)C(C)Sc2c(F)cc(-c3cnn(CC)c3O)c(C)c21. The molecule has 0 saturated heterocycles. The molecule has 1 aromatic carbocycles. The molecule has 0 spiro atoms. The number of halogens is 1. The number of nitrogens with zero attached hydrogens (tertiary/aromatic N) is 2. The lowest BCUT2D eigenvalue weighted by Crippen LogP contribution is -2.23. The zero-order chi connectivity index (χ0) is 19.0. The van der Waals surface area contributed by atoms with Crippen molar-refractivity contribution in [2.24, 2.45) is 0 Å². The summed E-state index contributed by atoms with van der Waals surface area (Å²) in [6, 6.07) is 1.42. The van der Waals surface area contributed by atoms with Crippen LogP contribution in [0.5, 0.6) is 5.88 Å². The summed E-state index contributed by atoms with van der Waals surface area (Å²) in [6.07, 6.45) is 0.888. The Morgan fingerprint density at radius 3 is 2.73 bits per heavy atom.